The lowest BCUT2D eigenvalue weighted by atomic mass is 10.2. The van der Waals surface area contributed by atoms with Gasteiger partial charge in [-0.2, -0.15) is 0 Å². The van der Waals surface area contributed by atoms with Crippen molar-refractivity contribution in [2.45, 2.75) is 11.4 Å². The lowest BCUT2D eigenvalue weighted by Crippen LogP contribution is -2.18. The molecule has 0 bridgehead atoms. The van der Waals surface area contributed by atoms with Crippen LogP contribution in [0.4, 0.5) is 0 Å². The van der Waals surface area contributed by atoms with Gasteiger partial charge in [-0.15, -0.1) is 0 Å². The molecule has 0 aliphatic rings. The third-order valence-corrected chi connectivity index (χ3v) is 3.32. The molecule has 0 saturated carbocycles. The summed E-state index contributed by atoms with van der Waals surface area (Å²) in [6, 6.07) is 6.29. The molecule has 82 valence electrons. The van der Waals surface area contributed by atoms with Crippen LogP contribution in [0.3, 0.4) is 0 Å². The summed E-state index contributed by atoms with van der Waals surface area (Å²) in [5.74, 6) is 0. The maximum atomic E-state index is 11.3. The minimum atomic E-state index is -3.38. The van der Waals surface area contributed by atoms with E-state index in [4.69, 9.17) is 0 Å². The first-order valence-corrected chi connectivity index (χ1v) is 5.78. The molecule has 1 amide bonds. The molecule has 0 atom stereocenters. The molecule has 0 aliphatic carbocycles. The van der Waals surface area contributed by atoms with Gasteiger partial charge >= 0.3 is 0 Å². The number of nitrogens with one attached hydrogen (secondary N) is 2. The van der Waals surface area contributed by atoms with Gasteiger partial charge in [0.15, 0.2) is 0 Å². The topological polar surface area (TPSA) is 75.3 Å². The van der Waals surface area contributed by atoms with E-state index in [2.05, 4.69) is 10.0 Å². The van der Waals surface area contributed by atoms with Gasteiger partial charge in [0, 0.05) is 6.54 Å². The van der Waals surface area contributed by atoms with Gasteiger partial charge in [-0.1, -0.05) is 12.1 Å². The molecular formula is C9H12N2O3S. The zero-order valence-electron chi connectivity index (χ0n) is 8.23. The molecule has 1 aromatic carbocycles. The maximum Gasteiger partial charge on any atom is 0.240 e. The number of sulfonamides is 1. The molecule has 5 nitrogen and oxygen atoms in total. The van der Waals surface area contributed by atoms with E-state index in [9.17, 15) is 13.2 Å². The van der Waals surface area contributed by atoms with Crippen molar-refractivity contribution in [1.29, 1.82) is 0 Å². The normalized spacial score (nSPS) is 11.0. The third kappa shape index (κ3) is 3.03. The second-order valence-corrected chi connectivity index (χ2v) is 4.74. The fraction of sp³-hybridized carbons (Fsp3) is 0.222. The van der Waals surface area contributed by atoms with Gasteiger partial charge in [0.2, 0.25) is 16.4 Å². The molecule has 0 saturated heterocycles. The van der Waals surface area contributed by atoms with Crippen molar-refractivity contribution in [3.8, 4) is 0 Å². The second kappa shape index (κ2) is 4.90. The van der Waals surface area contributed by atoms with Gasteiger partial charge in [-0.25, -0.2) is 13.1 Å². The minimum absolute atomic E-state index is 0.208. The quantitative estimate of drug-likeness (QED) is 0.688. The molecule has 0 spiro atoms. The Labute approximate surface area is 88.5 Å². The zero-order valence-corrected chi connectivity index (χ0v) is 9.04. The summed E-state index contributed by atoms with van der Waals surface area (Å²) >= 11 is 0. The average Bonchev–Trinajstić information content (AvgIpc) is 2.27. The molecule has 0 unspecified atom stereocenters. The molecule has 6 heteroatoms. The van der Waals surface area contributed by atoms with Crippen LogP contribution in [0.5, 0.6) is 0 Å². The van der Waals surface area contributed by atoms with Crippen LogP contribution < -0.4 is 10.0 Å². The number of hydrogen-bond acceptors (Lipinski definition) is 3. The third-order valence-electron chi connectivity index (χ3n) is 1.89. The summed E-state index contributed by atoms with van der Waals surface area (Å²) in [6.07, 6.45) is 0.595. The molecule has 2 N–H and O–H groups in total. The maximum absolute atomic E-state index is 11.3. The highest BCUT2D eigenvalue weighted by molar-refractivity contribution is 7.89. The zero-order chi connectivity index (χ0) is 11.3. The Morgan fingerprint density at radius 2 is 1.87 bits per heavy atom. The summed E-state index contributed by atoms with van der Waals surface area (Å²) in [5.41, 5.74) is 0.845. The molecular weight excluding hydrogens is 216 g/mol. The van der Waals surface area contributed by atoms with Crippen LogP contribution in [0, 0.1) is 0 Å². The predicted octanol–water partition coefficient (Wildman–Crippen LogP) is -0.159. The lowest BCUT2D eigenvalue weighted by Gasteiger charge is -2.03. The molecule has 0 aliphatic heterocycles. The monoisotopic (exact) mass is 228 g/mol. The molecule has 0 fully saturated rings. The van der Waals surface area contributed by atoms with Crippen molar-refractivity contribution >= 4 is 16.4 Å². The van der Waals surface area contributed by atoms with Crippen molar-refractivity contribution in [3.05, 3.63) is 29.8 Å². The molecule has 1 rings (SSSR count). The van der Waals surface area contributed by atoms with Gasteiger partial charge < -0.3 is 5.32 Å². The van der Waals surface area contributed by atoms with E-state index in [0.717, 1.165) is 5.56 Å². The standard InChI is InChI=1S/C9H12N2O3S/c1-10-15(13,14)9-4-2-8(3-5-9)6-11-7-12/h2-5,7,10H,6H2,1H3,(H,11,12). The van der Waals surface area contributed by atoms with Crippen LogP contribution in [-0.4, -0.2) is 21.9 Å². The van der Waals surface area contributed by atoms with Crippen molar-refractivity contribution < 1.29 is 13.2 Å². The molecule has 15 heavy (non-hydrogen) atoms. The highest BCUT2D eigenvalue weighted by Gasteiger charge is 2.09. The van der Waals surface area contributed by atoms with E-state index in [1.807, 2.05) is 0 Å². The van der Waals surface area contributed by atoms with Crippen LogP contribution >= 0.6 is 0 Å². The number of rotatable bonds is 5. The number of hydrogen-bond donors (Lipinski definition) is 2. The first-order chi connectivity index (χ1) is 7.10. The van der Waals surface area contributed by atoms with Gasteiger partial charge in [-0.05, 0) is 24.7 Å². The van der Waals surface area contributed by atoms with Crippen LogP contribution in [0.15, 0.2) is 29.2 Å². The van der Waals surface area contributed by atoms with Crippen LogP contribution in [0.1, 0.15) is 5.56 Å². The van der Waals surface area contributed by atoms with Crippen LogP contribution in [0.25, 0.3) is 0 Å². The van der Waals surface area contributed by atoms with Gasteiger partial charge in [0.25, 0.3) is 0 Å². The molecule has 0 heterocycles. The van der Waals surface area contributed by atoms with Crippen molar-refractivity contribution in [2.75, 3.05) is 7.05 Å². The van der Waals surface area contributed by atoms with E-state index >= 15 is 0 Å². The largest absolute Gasteiger partial charge is 0.355 e. The summed E-state index contributed by atoms with van der Waals surface area (Å²) < 4.78 is 24.9. The van der Waals surface area contributed by atoms with Gasteiger partial charge in [0.1, 0.15) is 0 Å². The number of carbonyl (C=O) groups is 1. The van der Waals surface area contributed by atoms with E-state index < -0.39 is 10.0 Å². The van der Waals surface area contributed by atoms with Crippen molar-refractivity contribution in [1.82, 2.24) is 10.0 Å². The Kier molecular flexibility index (Phi) is 3.81. The SMILES string of the molecule is CNS(=O)(=O)c1ccc(CNC=O)cc1. The Morgan fingerprint density at radius 1 is 1.27 bits per heavy atom. The Bertz CT molecular complexity index is 425. The van der Waals surface area contributed by atoms with E-state index in [1.165, 1.54) is 19.2 Å². The first-order valence-electron chi connectivity index (χ1n) is 4.29. The van der Waals surface area contributed by atoms with Gasteiger partial charge in [-0.3, -0.25) is 4.79 Å². The Hall–Kier alpha value is -1.40. The van der Waals surface area contributed by atoms with Gasteiger partial charge in [0.05, 0.1) is 4.90 Å². The minimum Gasteiger partial charge on any atom is -0.355 e. The fourth-order valence-corrected chi connectivity index (χ4v) is 1.79. The average molecular weight is 228 g/mol. The van der Waals surface area contributed by atoms with Crippen molar-refractivity contribution in [3.63, 3.8) is 0 Å². The number of amides is 1. The Balaban J connectivity index is 2.85. The predicted molar refractivity (Wildman–Crippen MR) is 55.6 cm³/mol. The molecule has 0 radical (unpaired) electrons. The first kappa shape index (κ1) is 11.7. The van der Waals surface area contributed by atoms with E-state index in [0.29, 0.717) is 13.0 Å². The number of carbonyl (C=O) groups excluding carboxylic acids is 1. The summed E-state index contributed by atoms with van der Waals surface area (Å²) in [6.45, 7) is 0.392. The summed E-state index contributed by atoms with van der Waals surface area (Å²) in [4.78, 5) is 10.2. The smallest absolute Gasteiger partial charge is 0.240 e. The second-order valence-electron chi connectivity index (χ2n) is 2.85. The molecule has 0 aromatic heterocycles. The van der Waals surface area contributed by atoms with Crippen molar-refractivity contribution in [2.24, 2.45) is 0 Å². The molecule has 1 aromatic rings. The highest BCUT2D eigenvalue weighted by Crippen LogP contribution is 2.09. The number of benzene rings is 1. The van der Waals surface area contributed by atoms with Crippen LogP contribution in [0.2, 0.25) is 0 Å². The van der Waals surface area contributed by atoms with E-state index in [1.54, 1.807) is 12.1 Å². The highest BCUT2D eigenvalue weighted by atomic mass is 32.2. The lowest BCUT2D eigenvalue weighted by molar-refractivity contribution is -0.109. The summed E-state index contributed by atoms with van der Waals surface area (Å²) in [7, 11) is -2.02. The fourth-order valence-electron chi connectivity index (χ4n) is 1.06. The van der Waals surface area contributed by atoms with Crippen LogP contribution in [-0.2, 0) is 21.4 Å². The van der Waals surface area contributed by atoms with E-state index in [-0.39, 0.29) is 4.90 Å². The Morgan fingerprint density at radius 3 is 2.33 bits per heavy atom. The summed E-state index contributed by atoms with van der Waals surface area (Å²) in [5, 5.41) is 2.49.